The minimum Gasteiger partial charge on any atom is -0.507 e. The van der Waals surface area contributed by atoms with Gasteiger partial charge in [-0.05, 0) is 56.3 Å². The summed E-state index contributed by atoms with van der Waals surface area (Å²) in [4.78, 5) is 5.56. The van der Waals surface area contributed by atoms with Crippen LogP contribution in [0.2, 0.25) is 0 Å². The van der Waals surface area contributed by atoms with Crippen LogP contribution in [0.4, 0.5) is 4.39 Å². The van der Waals surface area contributed by atoms with Crippen LogP contribution in [-0.2, 0) is 0 Å². The third-order valence-corrected chi connectivity index (χ3v) is 6.92. The summed E-state index contributed by atoms with van der Waals surface area (Å²) in [6, 6.07) is 11.4. The maximum atomic E-state index is 13.4. The van der Waals surface area contributed by atoms with Gasteiger partial charge in [0.25, 0.3) is 0 Å². The summed E-state index contributed by atoms with van der Waals surface area (Å²) < 4.78 is 16.1. The molecule has 32 heavy (non-hydrogen) atoms. The second-order valence-corrected chi connectivity index (χ2v) is 9.73. The zero-order chi connectivity index (χ0) is 22.4. The van der Waals surface area contributed by atoms with Gasteiger partial charge in [-0.3, -0.25) is 0 Å². The van der Waals surface area contributed by atoms with Gasteiger partial charge in [-0.2, -0.15) is 10.2 Å². The number of hydrazone groups is 1. The molecule has 2 N–H and O–H groups in total. The topological polar surface area (TPSA) is 75.3 Å². The predicted molar refractivity (Wildman–Crippen MR) is 127 cm³/mol. The predicted octanol–water partition coefficient (Wildman–Crippen LogP) is 5.66. The SMILES string of the molecule is Cc1nc(C)c(-c2nn(-c3ccc(F)cc3)cc2C2CC(c3cc(Br)ccc3O)=NN2)s1. The highest BCUT2D eigenvalue weighted by molar-refractivity contribution is 9.10. The van der Waals surface area contributed by atoms with Crippen molar-refractivity contribution in [2.24, 2.45) is 5.10 Å². The van der Waals surface area contributed by atoms with Gasteiger partial charge in [0, 0.05) is 28.2 Å². The zero-order valence-electron chi connectivity index (χ0n) is 17.3. The average Bonchev–Trinajstić information content (AvgIpc) is 3.48. The number of halogens is 2. The maximum absolute atomic E-state index is 13.4. The Morgan fingerprint density at radius 2 is 1.97 bits per heavy atom. The Morgan fingerprint density at radius 3 is 2.69 bits per heavy atom. The fourth-order valence-electron chi connectivity index (χ4n) is 3.83. The minimum atomic E-state index is -0.292. The number of thiazole rings is 1. The number of nitrogens with one attached hydrogen (secondary N) is 1. The zero-order valence-corrected chi connectivity index (χ0v) is 19.7. The summed E-state index contributed by atoms with van der Waals surface area (Å²) >= 11 is 5.05. The number of aromatic nitrogens is 3. The molecular weight excluding hydrogens is 493 g/mol. The molecule has 3 heterocycles. The van der Waals surface area contributed by atoms with Crippen LogP contribution in [-0.4, -0.2) is 25.6 Å². The average molecular weight is 512 g/mol. The summed E-state index contributed by atoms with van der Waals surface area (Å²) in [7, 11) is 0. The number of phenols is 1. The number of hydrogen-bond acceptors (Lipinski definition) is 6. The molecule has 4 aromatic rings. The van der Waals surface area contributed by atoms with Gasteiger partial charge in [0.2, 0.25) is 0 Å². The van der Waals surface area contributed by atoms with Crippen LogP contribution in [0.25, 0.3) is 16.3 Å². The molecule has 2 aromatic heterocycles. The van der Waals surface area contributed by atoms with E-state index in [1.165, 1.54) is 12.1 Å². The van der Waals surface area contributed by atoms with Crippen molar-refractivity contribution in [3.05, 3.63) is 80.8 Å². The van der Waals surface area contributed by atoms with Gasteiger partial charge >= 0.3 is 0 Å². The smallest absolute Gasteiger partial charge is 0.124 e. The van der Waals surface area contributed by atoms with E-state index in [9.17, 15) is 9.50 Å². The molecule has 162 valence electrons. The van der Waals surface area contributed by atoms with E-state index in [1.54, 1.807) is 40.3 Å². The largest absolute Gasteiger partial charge is 0.507 e. The molecule has 0 saturated heterocycles. The monoisotopic (exact) mass is 511 g/mol. The molecule has 1 unspecified atom stereocenters. The first kappa shape index (κ1) is 20.8. The van der Waals surface area contributed by atoms with Gasteiger partial charge < -0.3 is 10.5 Å². The molecule has 5 rings (SSSR count). The Kier molecular flexibility index (Phi) is 5.30. The molecule has 0 spiro atoms. The van der Waals surface area contributed by atoms with E-state index < -0.39 is 0 Å². The van der Waals surface area contributed by atoms with Gasteiger partial charge in [-0.1, -0.05) is 15.9 Å². The van der Waals surface area contributed by atoms with Crippen molar-refractivity contribution in [2.75, 3.05) is 0 Å². The molecule has 0 bridgehead atoms. The number of aromatic hydroxyl groups is 1. The lowest BCUT2D eigenvalue weighted by Gasteiger charge is -2.10. The quantitative estimate of drug-likeness (QED) is 0.370. The van der Waals surface area contributed by atoms with E-state index in [4.69, 9.17) is 5.10 Å². The number of nitrogens with zero attached hydrogens (tertiary/aromatic N) is 4. The van der Waals surface area contributed by atoms with E-state index in [1.807, 2.05) is 26.1 Å². The van der Waals surface area contributed by atoms with Crippen molar-refractivity contribution in [3.63, 3.8) is 0 Å². The van der Waals surface area contributed by atoms with E-state index in [-0.39, 0.29) is 17.6 Å². The Hall–Kier alpha value is -3.04. The maximum Gasteiger partial charge on any atom is 0.124 e. The van der Waals surface area contributed by atoms with Crippen molar-refractivity contribution >= 4 is 33.0 Å². The van der Waals surface area contributed by atoms with Crippen LogP contribution in [0.3, 0.4) is 0 Å². The molecule has 9 heteroatoms. The Bertz CT molecular complexity index is 1350. The second kappa shape index (κ2) is 8.14. The van der Waals surface area contributed by atoms with Crippen LogP contribution in [0.1, 0.15) is 34.3 Å². The number of phenolic OH excluding ortho intramolecular Hbond substituents is 1. The van der Waals surface area contributed by atoms with E-state index in [0.29, 0.717) is 12.0 Å². The molecule has 0 aliphatic carbocycles. The number of aryl methyl sites for hydroxylation is 2. The van der Waals surface area contributed by atoms with Gasteiger partial charge in [-0.15, -0.1) is 11.3 Å². The summed E-state index contributed by atoms with van der Waals surface area (Å²) in [5.41, 5.74) is 8.14. The third kappa shape index (κ3) is 3.82. The summed E-state index contributed by atoms with van der Waals surface area (Å²) in [6.07, 6.45) is 2.54. The Balaban J connectivity index is 1.55. The van der Waals surface area contributed by atoms with Crippen LogP contribution in [0.15, 0.2) is 58.2 Å². The molecule has 0 fully saturated rings. The molecule has 1 aliphatic rings. The molecule has 1 atom stereocenters. The first-order valence-corrected chi connectivity index (χ1v) is 11.6. The number of hydrogen-bond donors (Lipinski definition) is 2. The highest BCUT2D eigenvalue weighted by Gasteiger charge is 2.29. The lowest BCUT2D eigenvalue weighted by molar-refractivity contribution is 0.474. The van der Waals surface area contributed by atoms with E-state index >= 15 is 0 Å². The molecule has 0 radical (unpaired) electrons. The minimum absolute atomic E-state index is 0.130. The first-order chi connectivity index (χ1) is 15.4. The fourth-order valence-corrected chi connectivity index (χ4v) is 5.11. The summed E-state index contributed by atoms with van der Waals surface area (Å²) in [6.45, 7) is 3.95. The van der Waals surface area contributed by atoms with Gasteiger partial charge in [-0.25, -0.2) is 14.1 Å². The summed E-state index contributed by atoms with van der Waals surface area (Å²) in [5, 5.41) is 20.6. The Morgan fingerprint density at radius 1 is 1.19 bits per heavy atom. The normalized spacial score (nSPS) is 15.6. The number of benzene rings is 2. The molecule has 0 saturated carbocycles. The highest BCUT2D eigenvalue weighted by Crippen LogP contribution is 2.38. The van der Waals surface area contributed by atoms with Crippen LogP contribution in [0, 0.1) is 19.7 Å². The van der Waals surface area contributed by atoms with Gasteiger partial charge in [0.15, 0.2) is 0 Å². The van der Waals surface area contributed by atoms with Crippen LogP contribution >= 0.6 is 27.3 Å². The lowest BCUT2D eigenvalue weighted by atomic mass is 9.98. The second-order valence-electron chi connectivity index (χ2n) is 7.61. The first-order valence-electron chi connectivity index (χ1n) is 10.00. The van der Waals surface area contributed by atoms with Crippen LogP contribution in [0.5, 0.6) is 5.75 Å². The Labute approximate surface area is 196 Å². The van der Waals surface area contributed by atoms with E-state index in [0.717, 1.165) is 42.7 Å². The van der Waals surface area contributed by atoms with Crippen molar-refractivity contribution in [3.8, 4) is 22.0 Å². The highest BCUT2D eigenvalue weighted by atomic mass is 79.9. The van der Waals surface area contributed by atoms with Crippen LogP contribution < -0.4 is 5.43 Å². The molecule has 0 amide bonds. The molecule has 6 nitrogen and oxygen atoms in total. The standard InChI is InChI=1S/C23H19BrFN5OS/c1-12-23(32-13(2)26-12)22-18(11-30(29-22)16-6-4-15(25)5-7-16)20-10-19(27-28-20)17-9-14(24)3-8-21(17)31/h3-9,11,20,28,31H,10H2,1-2H3. The van der Waals surface area contributed by atoms with Gasteiger partial charge in [0.1, 0.15) is 17.3 Å². The van der Waals surface area contributed by atoms with E-state index in [2.05, 4.69) is 31.4 Å². The fraction of sp³-hybridized carbons (Fsp3) is 0.174. The van der Waals surface area contributed by atoms with Gasteiger partial charge in [0.05, 0.1) is 33.0 Å². The van der Waals surface area contributed by atoms with Crippen molar-refractivity contribution in [1.82, 2.24) is 20.2 Å². The lowest BCUT2D eigenvalue weighted by Crippen LogP contribution is -2.10. The summed E-state index contributed by atoms with van der Waals surface area (Å²) in [5.74, 6) is -0.106. The van der Waals surface area contributed by atoms with Crippen molar-refractivity contribution in [2.45, 2.75) is 26.3 Å². The molecule has 2 aromatic carbocycles. The van der Waals surface area contributed by atoms with Crippen molar-refractivity contribution in [1.29, 1.82) is 0 Å². The third-order valence-electron chi connectivity index (χ3n) is 5.35. The molecular formula is C23H19BrFN5OS. The number of rotatable bonds is 4. The van der Waals surface area contributed by atoms with Crippen molar-refractivity contribution < 1.29 is 9.50 Å². The molecule has 1 aliphatic heterocycles.